The third-order valence-corrected chi connectivity index (χ3v) is 7.06. The molecule has 1 aliphatic rings. The number of nitro groups is 1. The van der Waals surface area contributed by atoms with Crippen LogP contribution in [0.15, 0.2) is 60.7 Å². The Labute approximate surface area is 236 Å². The van der Waals surface area contributed by atoms with Crippen molar-refractivity contribution in [3.8, 4) is 11.5 Å². The van der Waals surface area contributed by atoms with Crippen LogP contribution >= 0.6 is 0 Å². The minimum Gasteiger partial charge on any atom is -0.493 e. The number of fused-ring (bicyclic) bond motifs is 1. The first-order chi connectivity index (χ1) is 19.8. The van der Waals surface area contributed by atoms with Gasteiger partial charge >= 0.3 is 5.97 Å². The molecule has 3 N–H and O–H groups in total. The second-order valence-corrected chi connectivity index (χ2v) is 9.75. The molecule has 0 saturated carbocycles. The lowest BCUT2D eigenvalue weighted by molar-refractivity contribution is -0.384. The van der Waals surface area contributed by atoms with Crippen LogP contribution in [0, 0.1) is 10.1 Å². The predicted molar refractivity (Wildman–Crippen MR) is 154 cm³/mol. The van der Waals surface area contributed by atoms with Crippen molar-refractivity contribution in [1.29, 1.82) is 0 Å². The van der Waals surface area contributed by atoms with Crippen molar-refractivity contribution in [2.24, 2.45) is 0 Å². The summed E-state index contributed by atoms with van der Waals surface area (Å²) in [6, 6.07) is 16.8. The Morgan fingerprint density at radius 3 is 2.41 bits per heavy atom. The van der Waals surface area contributed by atoms with Crippen molar-refractivity contribution < 1.29 is 24.3 Å². The van der Waals surface area contributed by atoms with Crippen LogP contribution in [-0.4, -0.2) is 64.2 Å². The third-order valence-electron chi connectivity index (χ3n) is 7.06. The fourth-order valence-corrected chi connectivity index (χ4v) is 4.88. The van der Waals surface area contributed by atoms with E-state index in [9.17, 15) is 20.0 Å². The van der Waals surface area contributed by atoms with Crippen molar-refractivity contribution in [3.05, 3.63) is 81.9 Å². The molecule has 1 saturated heterocycles. The van der Waals surface area contributed by atoms with Gasteiger partial charge in [0.15, 0.2) is 11.5 Å². The van der Waals surface area contributed by atoms with E-state index in [1.807, 2.05) is 18.2 Å². The fourth-order valence-electron chi connectivity index (χ4n) is 4.88. The number of benzene rings is 3. The van der Waals surface area contributed by atoms with Gasteiger partial charge in [-0.25, -0.2) is 9.78 Å². The lowest BCUT2D eigenvalue weighted by Crippen LogP contribution is -2.39. The molecule has 0 amide bonds. The SMILES string of the molecule is COc1ccc(CN2CCC(Nc3nc(Nc4ccc(C(=O)O)cc4)c4cc([N+](=O)[O-])ccc4n3)CC2)cc1OC. The number of anilines is 3. The van der Waals surface area contributed by atoms with E-state index in [0.717, 1.165) is 38.0 Å². The van der Waals surface area contributed by atoms with Gasteiger partial charge in [0.2, 0.25) is 5.95 Å². The van der Waals surface area contributed by atoms with E-state index < -0.39 is 10.9 Å². The summed E-state index contributed by atoms with van der Waals surface area (Å²) in [6.45, 7) is 2.56. The zero-order chi connectivity index (χ0) is 28.9. The number of likely N-dealkylation sites (tertiary alicyclic amines) is 1. The number of carboxylic acid groups (broad SMARTS) is 1. The van der Waals surface area contributed by atoms with Gasteiger partial charge in [-0.2, -0.15) is 4.98 Å². The van der Waals surface area contributed by atoms with Gasteiger partial charge in [0.1, 0.15) is 5.82 Å². The molecule has 0 spiro atoms. The number of aromatic nitrogens is 2. The number of carbonyl (C=O) groups is 1. The van der Waals surface area contributed by atoms with E-state index in [0.29, 0.717) is 39.9 Å². The average Bonchev–Trinajstić information content (AvgIpc) is 2.98. The number of carboxylic acids is 1. The maximum absolute atomic E-state index is 11.4. The maximum Gasteiger partial charge on any atom is 0.335 e. The van der Waals surface area contributed by atoms with Crippen LogP contribution in [-0.2, 0) is 6.54 Å². The normalized spacial score (nSPS) is 14.0. The summed E-state index contributed by atoms with van der Waals surface area (Å²) >= 11 is 0. The van der Waals surface area contributed by atoms with Crippen LogP contribution in [0.3, 0.4) is 0 Å². The smallest absolute Gasteiger partial charge is 0.335 e. The molecular formula is C29H30N6O6. The minimum atomic E-state index is -1.03. The quantitative estimate of drug-likeness (QED) is 0.177. The van der Waals surface area contributed by atoms with Gasteiger partial charge in [0.05, 0.1) is 30.2 Å². The Kier molecular flexibility index (Phi) is 8.11. The van der Waals surface area contributed by atoms with Crippen molar-refractivity contribution in [2.75, 3.05) is 37.9 Å². The molecule has 4 aromatic rings. The van der Waals surface area contributed by atoms with Crippen molar-refractivity contribution in [3.63, 3.8) is 0 Å². The number of ether oxygens (including phenoxy) is 2. The standard InChI is InChI=1S/C29H30N6O6/c1-40-25-10-3-18(15-26(25)41-2)17-34-13-11-21(12-14-34)31-29-32-24-9-8-22(35(38)39)16-23(24)27(33-29)30-20-6-4-19(5-7-20)28(36)37/h3-10,15-16,21H,11-14,17H2,1-2H3,(H,36,37)(H2,30,31,32,33). The van der Waals surface area contributed by atoms with Gasteiger partial charge in [0, 0.05) is 48.9 Å². The van der Waals surface area contributed by atoms with E-state index in [4.69, 9.17) is 9.47 Å². The summed E-state index contributed by atoms with van der Waals surface area (Å²) in [6.07, 6.45) is 1.77. The van der Waals surface area contributed by atoms with Crippen LogP contribution in [0.5, 0.6) is 11.5 Å². The zero-order valence-corrected chi connectivity index (χ0v) is 22.7. The molecule has 0 aliphatic carbocycles. The minimum absolute atomic E-state index is 0.0760. The molecule has 12 heteroatoms. The van der Waals surface area contributed by atoms with Crippen molar-refractivity contribution >= 4 is 40.0 Å². The molecule has 12 nitrogen and oxygen atoms in total. The number of piperidine rings is 1. The van der Waals surface area contributed by atoms with Crippen molar-refractivity contribution in [1.82, 2.24) is 14.9 Å². The fraction of sp³-hybridized carbons (Fsp3) is 0.276. The van der Waals surface area contributed by atoms with Crippen LogP contribution in [0.1, 0.15) is 28.8 Å². The van der Waals surface area contributed by atoms with Gasteiger partial charge in [-0.1, -0.05) is 6.07 Å². The Morgan fingerprint density at radius 1 is 1.02 bits per heavy atom. The Morgan fingerprint density at radius 2 is 1.76 bits per heavy atom. The Bertz CT molecular complexity index is 1570. The van der Waals surface area contributed by atoms with Crippen LogP contribution < -0.4 is 20.1 Å². The number of nitrogens with zero attached hydrogens (tertiary/aromatic N) is 4. The van der Waals surface area contributed by atoms with Gasteiger partial charge in [-0.3, -0.25) is 15.0 Å². The van der Waals surface area contributed by atoms with Crippen molar-refractivity contribution in [2.45, 2.75) is 25.4 Å². The molecule has 1 fully saturated rings. The molecule has 0 unspecified atom stereocenters. The number of non-ortho nitro benzene ring substituents is 1. The first-order valence-electron chi connectivity index (χ1n) is 13.1. The number of hydrogen-bond donors (Lipinski definition) is 3. The van der Waals surface area contributed by atoms with Crippen LogP contribution in [0.4, 0.5) is 23.1 Å². The lowest BCUT2D eigenvalue weighted by Gasteiger charge is -2.32. The average molecular weight is 559 g/mol. The molecular weight excluding hydrogens is 528 g/mol. The molecule has 212 valence electrons. The number of nitro benzene ring substituents is 1. The van der Waals surface area contributed by atoms with E-state index >= 15 is 0 Å². The summed E-state index contributed by atoms with van der Waals surface area (Å²) in [5.41, 5.74) is 2.36. The molecule has 5 rings (SSSR count). The molecule has 2 heterocycles. The summed E-state index contributed by atoms with van der Waals surface area (Å²) in [4.78, 5) is 33.8. The monoisotopic (exact) mass is 558 g/mol. The molecule has 3 aromatic carbocycles. The predicted octanol–water partition coefficient (Wildman–Crippen LogP) is 5.07. The Balaban J connectivity index is 1.31. The molecule has 0 radical (unpaired) electrons. The third kappa shape index (κ3) is 6.44. The molecule has 1 aromatic heterocycles. The number of rotatable bonds is 10. The highest BCUT2D eigenvalue weighted by Gasteiger charge is 2.22. The summed E-state index contributed by atoms with van der Waals surface area (Å²) in [7, 11) is 3.25. The molecule has 41 heavy (non-hydrogen) atoms. The lowest BCUT2D eigenvalue weighted by atomic mass is 10.0. The number of hydrogen-bond acceptors (Lipinski definition) is 10. The second kappa shape index (κ2) is 12.0. The number of methoxy groups -OCH3 is 2. The van der Waals surface area contributed by atoms with E-state index in [-0.39, 0.29) is 17.3 Å². The highest BCUT2D eigenvalue weighted by atomic mass is 16.6. The summed E-state index contributed by atoms with van der Waals surface area (Å²) < 4.78 is 10.8. The molecule has 0 bridgehead atoms. The zero-order valence-electron chi connectivity index (χ0n) is 22.7. The van der Waals surface area contributed by atoms with E-state index in [1.54, 1.807) is 32.4 Å². The summed E-state index contributed by atoms with van der Waals surface area (Å²) in [5.74, 6) is 1.18. The van der Waals surface area contributed by atoms with Crippen LogP contribution in [0.2, 0.25) is 0 Å². The van der Waals surface area contributed by atoms with E-state index in [2.05, 4.69) is 25.5 Å². The highest BCUT2D eigenvalue weighted by Crippen LogP contribution is 2.31. The topological polar surface area (TPSA) is 152 Å². The largest absolute Gasteiger partial charge is 0.493 e. The number of nitrogens with one attached hydrogen (secondary N) is 2. The van der Waals surface area contributed by atoms with Gasteiger partial charge in [-0.15, -0.1) is 0 Å². The maximum atomic E-state index is 11.4. The van der Waals surface area contributed by atoms with Gasteiger partial charge in [0.25, 0.3) is 5.69 Å². The molecule has 0 atom stereocenters. The second-order valence-electron chi connectivity index (χ2n) is 9.75. The first kappa shape index (κ1) is 27.6. The van der Waals surface area contributed by atoms with Crippen LogP contribution in [0.25, 0.3) is 10.9 Å². The first-order valence-corrected chi connectivity index (χ1v) is 13.1. The van der Waals surface area contributed by atoms with E-state index in [1.165, 1.54) is 24.3 Å². The number of aromatic carboxylic acids is 1. The van der Waals surface area contributed by atoms with Gasteiger partial charge < -0.3 is 25.2 Å². The molecule has 1 aliphatic heterocycles. The van der Waals surface area contributed by atoms with Gasteiger partial charge in [-0.05, 0) is 60.9 Å². The Hall–Kier alpha value is -4.97. The summed E-state index contributed by atoms with van der Waals surface area (Å²) in [5, 5.41) is 27.7. The highest BCUT2D eigenvalue weighted by molar-refractivity contribution is 5.94.